The molecule has 28 heavy (non-hydrogen) atoms. The molecule has 3 heterocycles. The zero-order valence-electron chi connectivity index (χ0n) is 16.9. The summed E-state index contributed by atoms with van der Waals surface area (Å²) < 4.78 is 2.00. The van der Waals surface area contributed by atoms with Crippen molar-refractivity contribution in [3.8, 4) is 0 Å². The normalized spacial score (nSPS) is 21.4. The highest BCUT2D eigenvalue weighted by Crippen LogP contribution is 2.23. The molecule has 1 unspecified atom stereocenters. The van der Waals surface area contributed by atoms with Crippen molar-refractivity contribution in [3.63, 3.8) is 0 Å². The topological polar surface area (TPSA) is 65.8 Å². The molecule has 1 aliphatic heterocycles. The van der Waals surface area contributed by atoms with Crippen molar-refractivity contribution in [3.05, 3.63) is 24.4 Å². The largest absolute Gasteiger partial charge is 0.355 e. The lowest BCUT2D eigenvalue weighted by molar-refractivity contribution is -0.125. The van der Waals surface area contributed by atoms with Gasteiger partial charge in [-0.15, -0.1) is 10.2 Å². The summed E-state index contributed by atoms with van der Waals surface area (Å²) in [5, 5.41) is 11.8. The van der Waals surface area contributed by atoms with E-state index in [-0.39, 0.29) is 11.8 Å². The summed E-state index contributed by atoms with van der Waals surface area (Å²) in [5.41, 5.74) is 0.842. The maximum absolute atomic E-state index is 12.7. The second-order valence-electron chi connectivity index (χ2n) is 8.28. The molecule has 2 fully saturated rings. The number of hydrogen-bond donors (Lipinski definition) is 1. The standard InChI is InChI=1S/C21H32N6O/c1-25(18-9-3-2-4-10-18)15-12-22-20(28)17-8-7-13-26(16-17)21-24-23-19-11-5-6-14-27(19)21/h5-6,11,14,17-18H,2-4,7-10,12-13,15-16H2,1H3,(H,22,28). The fourth-order valence-corrected chi connectivity index (χ4v) is 4.62. The van der Waals surface area contributed by atoms with Crippen molar-refractivity contribution in [1.29, 1.82) is 0 Å². The van der Waals surface area contributed by atoms with Crippen LogP contribution in [0.2, 0.25) is 0 Å². The minimum absolute atomic E-state index is 0.0183. The first-order valence-electron chi connectivity index (χ1n) is 10.7. The number of rotatable bonds is 6. The van der Waals surface area contributed by atoms with Gasteiger partial charge >= 0.3 is 0 Å². The van der Waals surface area contributed by atoms with E-state index in [1.54, 1.807) is 0 Å². The van der Waals surface area contributed by atoms with Gasteiger partial charge in [0.05, 0.1) is 5.92 Å². The number of fused-ring (bicyclic) bond motifs is 1. The summed E-state index contributed by atoms with van der Waals surface area (Å²) in [5.74, 6) is 1.03. The molecule has 7 heteroatoms. The lowest BCUT2D eigenvalue weighted by Gasteiger charge is -2.33. The summed E-state index contributed by atoms with van der Waals surface area (Å²) in [7, 11) is 2.20. The van der Waals surface area contributed by atoms with Gasteiger partial charge < -0.3 is 15.1 Å². The number of carbonyl (C=O) groups excluding carboxylic acids is 1. The predicted molar refractivity (Wildman–Crippen MR) is 110 cm³/mol. The molecule has 1 atom stereocenters. The third-order valence-electron chi connectivity index (χ3n) is 6.33. The number of likely N-dealkylation sites (N-methyl/N-ethyl adjacent to an activating group) is 1. The van der Waals surface area contributed by atoms with Gasteiger partial charge in [-0.3, -0.25) is 9.20 Å². The van der Waals surface area contributed by atoms with Gasteiger partial charge in [-0.25, -0.2) is 0 Å². The lowest BCUT2D eigenvalue weighted by Crippen LogP contribution is -2.46. The summed E-state index contributed by atoms with van der Waals surface area (Å²) >= 11 is 0. The quantitative estimate of drug-likeness (QED) is 0.828. The monoisotopic (exact) mass is 384 g/mol. The van der Waals surface area contributed by atoms with Crippen LogP contribution in [0.5, 0.6) is 0 Å². The number of nitrogens with one attached hydrogen (secondary N) is 1. The molecule has 1 aliphatic carbocycles. The van der Waals surface area contributed by atoms with Crippen LogP contribution in [0.3, 0.4) is 0 Å². The van der Waals surface area contributed by atoms with Crippen LogP contribution in [0.25, 0.3) is 5.65 Å². The average molecular weight is 385 g/mol. The van der Waals surface area contributed by atoms with E-state index in [0.717, 1.165) is 44.1 Å². The van der Waals surface area contributed by atoms with Crippen LogP contribution in [-0.4, -0.2) is 64.7 Å². The van der Waals surface area contributed by atoms with Crippen LogP contribution in [-0.2, 0) is 4.79 Å². The van der Waals surface area contributed by atoms with E-state index in [1.165, 1.54) is 32.1 Å². The van der Waals surface area contributed by atoms with Crippen LogP contribution in [0.4, 0.5) is 5.95 Å². The summed E-state index contributed by atoms with van der Waals surface area (Å²) in [4.78, 5) is 17.4. The minimum atomic E-state index is 0.0183. The SMILES string of the molecule is CN(CCNC(=O)C1CCCN(c2nnc3ccccn23)C1)C1CCCCC1. The fourth-order valence-electron chi connectivity index (χ4n) is 4.62. The Morgan fingerprint density at radius 1 is 1.18 bits per heavy atom. The van der Waals surface area contributed by atoms with Crippen LogP contribution in [0, 0.1) is 5.92 Å². The number of nitrogens with zero attached hydrogens (tertiary/aromatic N) is 5. The van der Waals surface area contributed by atoms with Gasteiger partial charge in [0.25, 0.3) is 0 Å². The maximum atomic E-state index is 12.7. The Balaban J connectivity index is 1.28. The molecular formula is C21H32N6O. The molecular weight excluding hydrogens is 352 g/mol. The number of carbonyl (C=O) groups is 1. The maximum Gasteiger partial charge on any atom is 0.231 e. The summed E-state index contributed by atoms with van der Waals surface area (Å²) in [6.45, 7) is 3.29. The highest BCUT2D eigenvalue weighted by molar-refractivity contribution is 5.79. The Morgan fingerprint density at radius 2 is 2.04 bits per heavy atom. The average Bonchev–Trinajstić information content (AvgIpc) is 3.18. The molecule has 7 nitrogen and oxygen atoms in total. The molecule has 0 spiro atoms. The first-order chi connectivity index (χ1) is 13.7. The Morgan fingerprint density at radius 3 is 2.89 bits per heavy atom. The molecule has 2 aliphatic rings. The van der Waals surface area contributed by atoms with Gasteiger partial charge in [-0.05, 0) is 44.9 Å². The van der Waals surface area contributed by atoms with E-state index in [4.69, 9.17) is 0 Å². The molecule has 2 aromatic heterocycles. The second-order valence-corrected chi connectivity index (χ2v) is 8.28. The molecule has 0 radical (unpaired) electrons. The number of amides is 1. The van der Waals surface area contributed by atoms with Crippen molar-refractivity contribution in [2.75, 3.05) is 38.1 Å². The fraction of sp³-hybridized carbons (Fsp3) is 0.667. The Bertz CT molecular complexity index is 784. The van der Waals surface area contributed by atoms with E-state index in [1.807, 2.05) is 28.8 Å². The highest BCUT2D eigenvalue weighted by atomic mass is 16.1. The van der Waals surface area contributed by atoms with Crippen molar-refractivity contribution in [1.82, 2.24) is 24.8 Å². The number of aromatic nitrogens is 3. The lowest BCUT2D eigenvalue weighted by atomic mass is 9.94. The van der Waals surface area contributed by atoms with Crippen molar-refractivity contribution in [2.45, 2.75) is 51.0 Å². The van der Waals surface area contributed by atoms with Gasteiger partial charge in [0.15, 0.2) is 5.65 Å². The smallest absolute Gasteiger partial charge is 0.231 e. The van der Waals surface area contributed by atoms with Crippen LogP contribution in [0.1, 0.15) is 44.9 Å². The van der Waals surface area contributed by atoms with Crippen LogP contribution in [0.15, 0.2) is 24.4 Å². The van der Waals surface area contributed by atoms with E-state index in [2.05, 4.69) is 32.4 Å². The molecule has 1 amide bonds. The van der Waals surface area contributed by atoms with Gasteiger partial charge in [-0.1, -0.05) is 25.3 Å². The first-order valence-corrected chi connectivity index (χ1v) is 10.7. The van der Waals surface area contributed by atoms with Crippen molar-refractivity contribution < 1.29 is 4.79 Å². The molecule has 1 saturated carbocycles. The Labute approximate surface area is 167 Å². The number of pyridine rings is 1. The number of hydrogen-bond acceptors (Lipinski definition) is 5. The highest BCUT2D eigenvalue weighted by Gasteiger charge is 2.28. The summed E-state index contributed by atoms with van der Waals surface area (Å²) in [6, 6.07) is 6.59. The third-order valence-corrected chi connectivity index (χ3v) is 6.33. The van der Waals surface area contributed by atoms with Crippen molar-refractivity contribution in [2.24, 2.45) is 5.92 Å². The van der Waals surface area contributed by atoms with Gasteiger partial charge in [0.1, 0.15) is 0 Å². The molecule has 1 N–H and O–H groups in total. The third kappa shape index (κ3) is 4.29. The van der Waals surface area contributed by atoms with Gasteiger partial charge in [-0.2, -0.15) is 0 Å². The molecule has 0 aromatic carbocycles. The Hall–Kier alpha value is -2.15. The van der Waals surface area contributed by atoms with Crippen LogP contribution >= 0.6 is 0 Å². The minimum Gasteiger partial charge on any atom is -0.355 e. The number of anilines is 1. The number of piperidine rings is 1. The van der Waals surface area contributed by atoms with E-state index >= 15 is 0 Å². The van der Waals surface area contributed by atoms with E-state index in [0.29, 0.717) is 12.6 Å². The molecule has 2 aromatic rings. The molecule has 0 bridgehead atoms. The molecule has 4 rings (SSSR count). The molecule has 152 valence electrons. The summed E-state index contributed by atoms with van der Waals surface area (Å²) in [6.07, 6.45) is 10.6. The molecule has 1 saturated heterocycles. The first kappa shape index (κ1) is 19.2. The zero-order valence-corrected chi connectivity index (χ0v) is 16.9. The van der Waals surface area contributed by atoms with Gasteiger partial charge in [0, 0.05) is 38.4 Å². The van der Waals surface area contributed by atoms with Crippen LogP contribution < -0.4 is 10.2 Å². The Kier molecular flexibility index (Phi) is 6.10. The predicted octanol–water partition coefficient (Wildman–Crippen LogP) is 2.33. The van der Waals surface area contributed by atoms with Crippen molar-refractivity contribution >= 4 is 17.5 Å². The zero-order chi connectivity index (χ0) is 19.3. The second kappa shape index (κ2) is 8.90. The van der Waals surface area contributed by atoms with E-state index in [9.17, 15) is 4.79 Å². The van der Waals surface area contributed by atoms with Gasteiger partial charge in [0.2, 0.25) is 11.9 Å². The van der Waals surface area contributed by atoms with E-state index < -0.39 is 0 Å².